The van der Waals surface area contributed by atoms with Gasteiger partial charge in [-0.1, -0.05) is 23.8 Å². The Morgan fingerprint density at radius 1 is 1.28 bits per heavy atom. The molecule has 1 amide bonds. The Morgan fingerprint density at radius 3 is 2.41 bits per heavy atom. The third-order valence-electron chi connectivity index (χ3n) is 4.70. The number of nitrogens with zero attached hydrogens (tertiary/aromatic N) is 1. The molecule has 6 nitrogen and oxygen atoms in total. The second kappa shape index (κ2) is 9.03. The highest BCUT2D eigenvalue weighted by Gasteiger charge is 2.49. The molecule has 29 heavy (non-hydrogen) atoms. The molecule has 0 saturated carbocycles. The van der Waals surface area contributed by atoms with Crippen LogP contribution < -0.4 is 0 Å². The molecule has 0 spiro atoms. The molecule has 0 N–H and O–H groups in total. The van der Waals surface area contributed by atoms with Crippen LogP contribution in [0.3, 0.4) is 0 Å². The summed E-state index contributed by atoms with van der Waals surface area (Å²) in [5.41, 5.74) is 0.271. The molecule has 0 bridgehead atoms. The number of carbonyl (C=O) groups is 1. The Hall–Kier alpha value is -2.28. The second-order valence-corrected chi connectivity index (χ2v) is 10.3. The maximum atomic E-state index is 13.4. The fourth-order valence-electron chi connectivity index (χ4n) is 3.33. The van der Waals surface area contributed by atoms with Crippen LogP contribution in [0.4, 0.5) is 4.79 Å². The average Bonchev–Trinajstić information content (AvgIpc) is 3.00. The van der Waals surface area contributed by atoms with Gasteiger partial charge in [0.1, 0.15) is 5.60 Å². The zero-order chi connectivity index (χ0) is 21.8. The van der Waals surface area contributed by atoms with Crippen LogP contribution in [0.5, 0.6) is 0 Å². The zero-order valence-electron chi connectivity index (χ0n) is 17.8. The number of amides is 1. The minimum Gasteiger partial charge on any atom is -0.502 e. The number of rotatable bonds is 6. The van der Waals surface area contributed by atoms with E-state index in [2.05, 4.69) is 6.58 Å². The predicted molar refractivity (Wildman–Crippen MR) is 113 cm³/mol. The van der Waals surface area contributed by atoms with Crippen molar-refractivity contribution >= 4 is 15.9 Å². The Morgan fingerprint density at radius 2 is 1.90 bits per heavy atom. The highest BCUT2D eigenvalue weighted by atomic mass is 32.2. The van der Waals surface area contributed by atoms with E-state index in [1.54, 1.807) is 57.2 Å². The summed E-state index contributed by atoms with van der Waals surface area (Å²) in [5.74, 6) is 0. The Labute approximate surface area is 174 Å². The molecule has 2 rings (SSSR count). The summed E-state index contributed by atoms with van der Waals surface area (Å²) in [7, 11) is -3.70. The number of benzene rings is 1. The number of hydrogen-bond donors (Lipinski definition) is 0. The van der Waals surface area contributed by atoms with Gasteiger partial charge < -0.3 is 9.47 Å². The molecule has 0 aliphatic carbocycles. The van der Waals surface area contributed by atoms with Crippen molar-refractivity contribution in [1.82, 2.24) is 4.90 Å². The average molecular weight is 422 g/mol. The molecule has 160 valence electrons. The molecule has 1 aliphatic heterocycles. The van der Waals surface area contributed by atoms with Crippen LogP contribution in [0.25, 0.3) is 0 Å². The van der Waals surface area contributed by atoms with E-state index in [9.17, 15) is 13.2 Å². The summed E-state index contributed by atoms with van der Waals surface area (Å²) in [4.78, 5) is 14.6. The maximum absolute atomic E-state index is 13.4. The molecule has 7 heteroatoms. The predicted octanol–water partition coefficient (Wildman–Crippen LogP) is 4.25. The van der Waals surface area contributed by atoms with Crippen LogP contribution in [0.2, 0.25) is 0 Å². The highest BCUT2D eigenvalue weighted by molar-refractivity contribution is 7.92. The zero-order valence-corrected chi connectivity index (χ0v) is 18.6. The molecule has 0 aromatic heterocycles. The fourth-order valence-corrected chi connectivity index (χ4v) is 5.24. The van der Waals surface area contributed by atoms with Gasteiger partial charge in [-0.25, -0.2) is 13.2 Å². The minimum absolute atomic E-state index is 0.233. The lowest BCUT2D eigenvalue weighted by atomic mass is 10.2. The van der Waals surface area contributed by atoms with Gasteiger partial charge in [0, 0.05) is 0 Å². The fraction of sp³-hybridized carbons (Fsp3) is 0.500. The van der Waals surface area contributed by atoms with Crippen LogP contribution in [0, 0.1) is 6.92 Å². The van der Waals surface area contributed by atoms with Crippen LogP contribution in [-0.4, -0.2) is 49.0 Å². The van der Waals surface area contributed by atoms with E-state index in [0.29, 0.717) is 6.61 Å². The normalized spacial score (nSPS) is 22.7. The van der Waals surface area contributed by atoms with Crippen LogP contribution in [0.1, 0.15) is 39.7 Å². The van der Waals surface area contributed by atoms with E-state index >= 15 is 0 Å². The van der Waals surface area contributed by atoms with Crippen molar-refractivity contribution in [2.75, 3.05) is 6.61 Å². The third kappa shape index (κ3) is 5.41. The molecule has 0 unspecified atom stereocenters. The first-order valence-electron chi connectivity index (χ1n) is 9.74. The van der Waals surface area contributed by atoms with E-state index in [4.69, 9.17) is 9.47 Å². The lowest BCUT2D eigenvalue weighted by Crippen LogP contribution is -2.45. The lowest BCUT2D eigenvalue weighted by Gasteiger charge is -2.31. The van der Waals surface area contributed by atoms with Crippen molar-refractivity contribution in [2.45, 2.75) is 68.9 Å². The van der Waals surface area contributed by atoms with Crippen molar-refractivity contribution in [3.05, 3.63) is 54.8 Å². The number of hydrogen-bond acceptors (Lipinski definition) is 5. The molecule has 1 saturated heterocycles. The van der Waals surface area contributed by atoms with Crippen molar-refractivity contribution in [3.63, 3.8) is 0 Å². The standard InChI is InChI=1S/C22H31NO5S/c1-7-17-15-20(29(25,26)18-11-9-16(3)10-12-18)19(13-14-27-8-2)23(17)21(24)28-22(4,5)6/h7,9-14,17,19-20H,1,8,15H2,2-6H3/b14-13+/t17-,19+,20+/m0/s1. The first-order valence-corrected chi connectivity index (χ1v) is 11.3. The topological polar surface area (TPSA) is 72.9 Å². The van der Waals surface area contributed by atoms with E-state index in [0.717, 1.165) is 5.56 Å². The van der Waals surface area contributed by atoms with Gasteiger partial charge in [-0.3, -0.25) is 4.90 Å². The Kier molecular flexibility index (Phi) is 7.16. The van der Waals surface area contributed by atoms with E-state index < -0.39 is 38.9 Å². The number of aryl methyl sites for hydroxylation is 1. The smallest absolute Gasteiger partial charge is 0.411 e. The second-order valence-electron chi connectivity index (χ2n) is 8.10. The molecule has 1 heterocycles. The summed E-state index contributed by atoms with van der Waals surface area (Å²) < 4.78 is 37.7. The molecule has 1 fully saturated rings. The first-order chi connectivity index (χ1) is 13.5. The number of carbonyl (C=O) groups excluding carboxylic acids is 1. The van der Waals surface area contributed by atoms with Gasteiger partial charge in [0.05, 0.1) is 35.1 Å². The molecular formula is C22H31NO5S. The molecule has 1 aliphatic rings. The van der Waals surface area contributed by atoms with Gasteiger partial charge in [0.25, 0.3) is 0 Å². The van der Waals surface area contributed by atoms with Gasteiger partial charge in [-0.2, -0.15) is 0 Å². The van der Waals surface area contributed by atoms with Gasteiger partial charge in [0.2, 0.25) is 0 Å². The van der Waals surface area contributed by atoms with E-state index in [1.165, 1.54) is 11.2 Å². The van der Waals surface area contributed by atoms with E-state index in [-0.39, 0.29) is 11.3 Å². The largest absolute Gasteiger partial charge is 0.502 e. The van der Waals surface area contributed by atoms with Gasteiger partial charge in [-0.05, 0) is 59.2 Å². The summed E-state index contributed by atoms with van der Waals surface area (Å²) >= 11 is 0. The van der Waals surface area contributed by atoms with Gasteiger partial charge in [0.15, 0.2) is 9.84 Å². The van der Waals surface area contributed by atoms with Crippen LogP contribution >= 0.6 is 0 Å². The minimum atomic E-state index is -3.70. The first kappa shape index (κ1) is 23.0. The Balaban J connectivity index is 2.48. The molecule has 3 atom stereocenters. The third-order valence-corrected chi connectivity index (χ3v) is 6.89. The molecule has 0 radical (unpaired) electrons. The molecular weight excluding hydrogens is 390 g/mol. The molecule has 1 aromatic carbocycles. The Bertz CT molecular complexity index is 852. The summed E-state index contributed by atoms with van der Waals surface area (Å²) in [6.45, 7) is 13.3. The van der Waals surface area contributed by atoms with Gasteiger partial charge >= 0.3 is 6.09 Å². The highest BCUT2D eigenvalue weighted by Crippen LogP contribution is 2.35. The molecule has 1 aromatic rings. The quantitative estimate of drug-likeness (QED) is 0.507. The SMILES string of the molecule is C=C[C@H]1C[C@@H](S(=O)(=O)c2ccc(C)cc2)[C@@H](/C=C/OCC)N1C(=O)OC(C)(C)C. The van der Waals surface area contributed by atoms with Crippen molar-refractivity contribution in [1.29, 1.82) is 0 Å². The van der Waals surface area contributed by atoms with Crippen molar-refractivity contribution in [2.24, 2.45) is 0 Å². The summed E-state index contributed by atoms with van der Waals surface area (Å²) in [6, 6.07) is 5.55. The van der Waals surface area contributed by atoms with Crippen molar-refractivity contribution < 1.29 is 22.7 Å². The lowest BCUT2D eigenvalue weighted by molar-refractivity contribution is 0.0212. The summed E-state index contributed by atoms with van der Waals surface area (Å²) in [5, 5.41) is -0.836. The van der Waals surface area contributed by atoms with Crippen LogP contribution in [0.15, 0.2) is 54.2 Å². The van der Waals surface area contributed by atoms with Crippen LogP contribution in [-0.2, 0) is 19.3 Å². The number of sulfone groups is 1. The van der Waals surface area contributed by atoms with E-state index in [1.807, 2.05) is 13.8 Å². The number of likely N-dealkylation sites (tertiary alicyclic amines) is 1. The van der Waals surface area contributed by atoms with Gasteiger partial charge in [-0.15, -0.1) is 6.58 Å². The monoisotopic (exact) mass is 421 g/mol. The number of ether oxygens (including phenoxy) is 2. The summed E-state index contributed by atoms with van der Waals surface area (Å²) in [6.07, 6.45) is 4.32. The van der Waals surface area contributed by atoms with Crippen molar-refractivity contribution in [3.8, 4) is 0 Å². The maximum Gasteiger partial charge on any atom is 0.411 e.